The second-order valence-corrected chi connectivity index (χ2v) is 7.98. The first-order valence-corrected chi connectivity index (χ1v) is 10.3. The summed E-state index contributed by atoms with van der Waals surface area (Å²) in [6.07, 6.45) is -0.300. The fourth-order valence-corrected chi connectivity index (χ4v) is 4.42. The molecule has 2 heterocycles. The van der Waals surface area contributed by atoms with Crippen LogP contribution < -0.4 is 14.4 Å². The van der Waals surface area contributed by atoms with E-state index in [1.807, 2.05) is 6.07 Å². The molecule has 3 aromatic rings. The normalized spacial score (nSPS) is 17.7. The molecule has 154 valence electrons. The summed E-state index contributed by atoms with van der Waals surface area (Å²) >= 11 is 1.30. The number of Topliss-reactive ketones (excluding diaryl/α,β-unsaturated/α-hetero) is 1. The molecule has 1 aliphatic rings. The molecule has 1 aliphatic heterocycles. The van der Waals surface area contributed by atoms with Crippen LogP contribution in [0.1, 0.15) is 27.2 Å². The third-order valence-corrected chi connectivity index (χ3v) is 6.15. The maximum atomic E-state index is 13.3. The van der Waals surface area contributed by atoms with E-state index in [0.717, 1.165) is 5.56 Å². The summed E-state index contributed by atoms with van der Waals surface area (Å²) in [4.78, 5) is 28.1. The second kappa shape index (κ2) is 7.93. The minimum atomic E-state index is -1.89. The molecule has 30 heavy (non-hydrogen) atoms. The van der Waals surface area contributed by atoms with Gasteiger partial charge in [0.05, 0.1) is 37.7 Å². The Kier molecular flexibility index (Phi) is 5.32. The fourth-order valence-electron chi connectivity index (χ4n) is 3.75. The van der Waals surface area contributed by atoms with Gasteiger partial charge in [0.15, 0.2) is 22.9 Å². The van der Waals surface area contributed by atoms with Crippen molar-refractivity contribution >= 4 is 28.7 Å². The van der Waals surface area contributed by atoms with Gasteiger partial charge in [-0.2, -0.15) is 0 Å². The molecule has 0 aliphatic carbocycles. The molecule has 0 saturated carbocycles. The van der Waals surface area contributed by atoms with Crippen molar-refractivity contribution in [1.82, 2.24) is 0 Å². The number of ether oxygens (including phenoxy) is 2. The highest BCUT2D eigenvalue weighted by atomic mass is 32.1. The SMILES string of the molecule is COc1ccc(CN2C(=O)C(O)(CC(=O)c3cccs3)c3ccccc32)cc1OC. The topological polar surface area (TPSA) is 76.1 Å². The lowest BCUT2D eigenvalue weighted by molar-refractivity contribution is -0.136. The summed E-state index contributed by atoms with van der Waals surface area (Å²) in [6.45, 7) is 0.228. The van der Waals surface area contributed by atoms with Gasteiger partial charge < -0.3 is 19.5 Å². The van der Waals surface area contributed by atoms with E-state index in [4.69, 9.17) is 9.47 Å². The van der Waals surface area contributed by atoms with Crippen LogP contribution in [-0.4, -0.2) is 31.0 Å². The predicted molar refractivity (Wildman–Crippen MR) is 114 cm³/mol. The molecule has 0 spiro atoms. The second-order valence-electron chi connectivity index (χ2n) is 7.04. The number of nitrogens with zero attached hydrogens (tertiary/aromatic N) is 1. The molecule has 0 saturated heterocycles. The zero-order chi connectivity index (χ0) is 21.3. The van der Waals surface area contributed by atoms with Gasteiger partial charge in [0.25, 0.3) is 5.91 Å². The van der Waals surface area contributed by atoms with Crippen molar-refractivity contribution in [3.05, 3.63) is 76.0 Å². The van der Waals surface area contributed by atoms with Crippen molar-refractivity contribution in [2.75, 3.05) is 19.1 Å². The third kappa shape index (κ3) is 3.36. The Morgan fingerprint density at radius 2 is 1.83 bits per heavy atom. The van der Waals surface area contributed by atoms with Crippen molar-refractivity contribution in [3.8, 4) is 11.5 Å². The first-order chi connectivity index (χ1) is 14.5. The third-order valence-electron chi connectivity index (χ3n) is 5.24. The molecule has 6 nitrogen and oxygen atoms in total. The molecular formula is C23H21NO5S. The highest BCUT2D eigenvalue weighted by molar-refractivity contribution is 7.12. The van der Waals surface area contributed by atoms with E-state index in [-0.39, 0.29) is 18.7 Å². The molecule has 1 atom stereocenters. The van der Waals surface area contributed by atoms with Crippen LogP contribution in [0.25, 0.3) is 0 Å². The Bertz CT molecular complexity index is 1090. The summed E-state index contributed by atoms with van der Waals surface area (Å²) < 4.78 is 10.6. The Labute approximate surface area is 178 Å². The maximum absolute atomic E-state index is 13.3. The first kappa shape index (κ1) is 20.1. The maximum Gasteiger partial charge on any atom is 0.264 e. The first-order valence-electron chi connectivity index (χ1n) is 9.39. The van der Waals surface area contributed by atoms with Crippen LogP contribution in [0, 0.1) is 0 Å². The van der Waals surface area contributed by atoms with Gasteiger partial charge in [-0.25, -0.2) is 0 Å². The number of ketones is 1. The highest BCUT2D eigenvalue weighted by Crippen LogP contribution is 2.44. The number of hydrogen-bond donors (Lipinski definition) is 1. The highest BCUT2D eigenvalue weighted by Gasteiger charge is 2.50. The lowest BCUT2D eigenvalue weighted by Gasteiger charge is -2.23. The number of rotatable bonds is 7. The predicted octanol–water partition coefficient (Wildman–Crippen LogP) is 3.77. The lowest BCUT2D eigenvalue weighted by Crippen LogP contribution is -2.41. The van der Waals surface area contributed by atoms with E-state index >= 15 is 0 Å². The molecular weight excluding hydrogens is 402 g/mol. The number of hydrogen-bond acceptors (Lipinski definition) is 6. The Morgan fingerprint density at radius 1 is 1.07 bits per heavy atom. The van der Waals surface area contributed by atoms with Crippen LogP contribution in [0.4, 0.5) is 5.69 Å². The summed E-state index contributed by atoms with van der Waals surface area (Å²) in [5.74, 6) is 0.373. The fraction of sp³-hybridized carbons (Fsp3) is 0.217. The number of anilines is 1. The number of para-hydroxylation sites is 1. The van der Waals surface area contributed by atoms with Gasteiger partial charge in [-0.3, -0.25) is 9.59 Å². The monoisotopic (exact) mass is 423 g/mol. The smallest absolute Gasteiger partial charge is 0.264 e. The quantitative estimate of drug-likeness (QED) is 0.586. The van der Waals surface area contributed by atoms with E-state index in [9.17, 15) is 14.7 Å². The van der Waals surface area contributed by atoms with Crippen molar-refractivity contribution in [1.29, 1.82) is 0 Å². The van der Waals surface area contributed by atoms with E-state index in [0.29, 0.717) is 27.6 Å². The molecule has 1 amide bonds. The Hall–Kier alpha value is -3.16. The summed E-state index contributed by atoms with van der Waals surface area (Å²) in [7, 11) is 3.11. The van der Waals surface area contributed by atoms with Crippen LogP contribution in [0.5, 0.6) is 11.5 Å². The Balaban J connectivity index is 1.67. The van der Waals surface area contributed by atoms with Gasteiger partial charge in [0.2, 0.25) is 0 Å². The van der Waals surface area contributed by atoms with Gasteiger partial charge in [0.1, 0.15) is 0 Å². The number of fused-ring (bicyclic) bond motifs is 1. The Morgan fingerprint density at radius 3 is 2.53 bits per heavy atom. The van der Waals surface area contributed by atoms with E-state index < -0.39 is 11.5 Å². The summed E-state index contributed by atoms with van der Waals surface area (Å²) in [5.41, 5.74) is -0.0439. The zero-order valence-electron chi connectivity index (χ0n) is 16.6. The average molecular weight is 423 g/mol. The molecule has 0 bridgehead atoms. The molecule has 0 radical (unpaired) electrons. The van der Waals surface area contributed by atoms with Crippen LogP contribution in [-0.2, 0) is 16.9 Å². The van der Waals surface area contributed by atoms with Crippen LogP contribution >= 0.6 is 11.3 Å². The van der Waals surface area contributed by atoms with Crippen LogP contribution in [0.2, 0.25) is 0 Å². The van der Waals surface area contributed by atoms with Gasteiger partial charge in [-0.1, -0.05) is 30.3 Å². The average Bonchev–Trinajstić information content (AvgIpc) is 3.37. The number of thiophene rings is 1. The van der Waals surface area contributed by atoms with E-state index in [1.165, 1.54) is 16.2 Å². The van der Waals surface area contributed by atoms with Gasteiger partial charge in [-0.15, -0.1) is 11.3 Å². The van der Waals surface area contributed by atoms with Crippen molar-refractivity contribution in [3.63, 3.8) is 0 Å². The number of carbonyl (C=O) groups is 2. The minimum Gasteiger partial charge on any atom is -0.493 e. The number of aliphatic hydroxyl groups is 1. The van der Waals surface area contributed by atoms with Gasteiger partial charge >= 0.3 is 0 Å². The van der Waals surface area contributed by atoms with Crippen molar-refractivity contribution in [2.24, 2.45) is 0 Å². The minimum absolute atomic E-state index is 0.228. The number of carbonyl (C=O) groups excluding carboxylic acids is 2. The van der Waals surface area contributed by atoms with Crippen molar-refractivity contribution < 1.29 is 24.2 Å². The van der Waals surface area contributed by atoms with Gasteiger partial charge in [-0.05, 0) is 35.2 Å². The molecule has 1 unspecified atom stereocenters. The largest absolute Gasteiger partial charge is 0.493 e. The van der Waals surface area contributed by atoms with Crippen LogP contribution in [0.3, 0.4) is 0 Å². The van der Waals surface area contributed by atoms with E-state index in [1.54, 1.807) is 68.1 Å². The van der Waals surface area contributed by atoms with Crippen molar-refractivity contribution in [2.45, 2.75) is 18.6 Å². The molecule has 7 heteroatoms. The summed E-state index contributed by atoms with van der Waals surface area (Å²) in [5, 5.41) is 13.2. The lowest BCUT2D eigenvalue weighted by atomic mass is 9.89. The molecule has 4 rings (SSSR count). The standard InChI is InChI=1S/C23H21NO5S/c1-28-19-10-9-15(12-20(19)29-2)14-24-17-7-4-3-6-16(17)23(27,22(24)26)13-18(25)21-8-5-11-30-21/h3-12,27H,13-14H2,1-2H3. The zero-order valence-corrected chi connectivity index (χ0v) is 17.4. The molecule has 1 aromatic heterocycles. The van der Waals surface area contributed by atoms with E-state index in [2.05, 4.69) is 0 Å². The van der Waals surface area contributed by atoms with Gasteiger partial charge in [0, 0.05) is 5.56 Å². The molecule has 0 fully saturated rings. The summed E-state index contributed by atoms with van der Waals surface area (Å²) in [6, 6.07) is 15.9. The van der Waals surface area contributed by atoms with Crippen LogP contribution in [0.15, 0.2) is 60.0 Å². The number of methoxy groups -OCH3 is 2. The molecule has 1 N–H and O–H groups in total. The molecule has 2 aromatic carbocycles. The number of benzene rings is 2. The number of amides is 1.